The number of hydrogen-bond donors (Lipinski definition) is 0. The lowest BCUT2D eigenvalue weighted by Crippen LogP contribution is -2.31. The van der Waals surface area contributed by atoms with Crippen LogP contribution in [0, 0.1) is 11.8 Å². The van der Waals surface area contributed by atoms with Gasteiger partial charge in [0.05, 0.1) is 0 Å². The van der Waals surface area contributed by atoms with Crippen LogP contribution in [0.4, 0.5) is 17.1 Å². The molecule has 3 atom stereocenters. The molecule has 2 bridgehead atoms. The van der Waals surface area contributed by atoms with Gasteiger partial charge in [0.25, 0.3) is 0 Å². The molecule has 2 saturated carbocycles. The summed E-state index contributed by atoms with van der Waals surface area (Å²) in [4.78, 5) is 2.38. The Balaban J connectivity index is 1.04. The zero-order chi connectivity index (χ0) is 33.1. The minimum atomic E-state index is 0.192. The molecule has 0 amide bonds. The Morgan fingerprint density at radius 3 is 1.60 bits per heavy atom. The molecule has 0 N–H and O–H groups in total. The highest BCUT2D eigenvalue weighted by atomic mass is 15.1. The van der Waals surface area contributed by atoms with Crippen LogP contribution in [-0.2, 0) is 5.41 Å². The first-order valence-electron chi connectivity index (χ1n) is 18.2. The third-order valence-electron chi connectivity index (χ3n) is 11.9. The minimum absolute atomic E-state index is 0.192. The van der Waals surface area contributed by atoms with Crippen LogP contribution in [0.1, 0.15) is 36.8 Å². The smallest absolute Gasteiger partial charge is 0.0467 e. The van der Waals surface area contributed by atoms with Crippen LogP contribution in [0.15, 0.2) is 176 Å². The van der Waals surface area contributed by atoms with Gasteiger partial charge in [0.2, 0.25) is 0 Å². The Bertz CT molecular complexity index is 2320. The molecule has 240 valence electrons. The Morgan fingerprint density at radius 2 is 0.940 bits per heavy atom. The summed E-state index contributed by atoms with van der Waals surface area (Å²) in [5.41, 5.74) is 17.1. The molecule has 0 radical (unpaired) electrons. The average molecular weight is 642 g/mol. The Hall–Kier alpha value is -5.66. The standard InChI is InChI=1S/C49H39N/c1-3-10-35(11-4-1)37-19-25-42(26-20-37)50(44-15-9-14-39(31-44)36-12-5-2-6-13-36)43-27-21-38(22-28-43)40-23-29-46-45-16-7-8-17-47(45)49(48(46)32-40)33-34-18-24-41(49)30-34/h1-17,19-23,25-29,31-32,34,41H,18,24,30,33H2. The minimum Gasteiger partial charge on any atom is -0.310 e. The molecule has 7 aromatic carbocycles. The van der Waals surface area contributed by atoms with Gasteiger partial charge >= 0.3 is 0 Å². The average Bonchev–Trinajstić information content (AvgIpc) is 3.89. The van der Waals surface area contributed by atoms with Crippen LogP contribution in [0.5, 0.6) is 0 Å². The van der Waals surface area contributed by atoms with E-state index in [1.807, 2.05) is 0 Å². The summed E-state index contributed by atoms with van der Waals surface area (Å²) in [6.07, 6.45) is 5.47. The van der Waals surface area contributed by atoms with E-state index in [0.29, 0.717) is 0 Å². The van der Waals surface area contributed by atoms with Crippen molar-refractivity contribution < 1.29 is 0 Å². The molecule has 10 rings (SSSR count). The Kier molecular flexibility index (Phi) is 6.88. The van der Waals surface area contributed by atoms with Crippen LogP contribution in [0.3, 0.4) is 0 Å². The van der Waals surface area contributed by atoms with E-state index >= 15 is 0 Å². The fourth-order valence-electron chi connectivity index (χ4n) is 9.71. The zero-order valence-electron chi connectivity index (χ0n) is 28.2. The van der Waals surface area contributed by atoms with E-state index < -0.39 is 0 Å². The van der Waals surface area contributed by atoms with Crippen molar-refractivity contribution in [1.29, 1.82) is 0 Å². The molecule has 1 heteroatoms. The van der Waals surface area contributed by atoms with Crippen molar-refractivity contribution >= 4 is 17.1 Å². The first-order chi connectivity index (χ1) is 24.7. The van der Waals surface area contributed by atoms with E-state index in [2.05, 4.69) is 181 Å². The van der Waals surface area contributed by atoms with E-state index in [0.717, 1.165) is 28.9 Å². The van der Waals surface area contributed by atoms with Crippen molar-refractivity contribution in [2.24, 2.45) is 11.8 Å². The SMILES string of the molecule is c1ccc(-c2ccc(N(c3ccc(-c4ccc5c(c4)C4(CC6CCC4C6)c4ccccc4-5)cc3)c3cccc(-c4ccccc4)c3)cc2)cc1. The van der Waals surface area contributed by atoms with E-state index in [1.54, 1.807) is 11.1 Å². The van der Waals surface area contributed by atoms with Gasteiger partial charge in [-0.15, -0.1) is 0 Å². The van der Waals surface area contributed by atoms with Crippen molar-refractivity contribution in [3.63, 3.8) is 0 Å². The Labute approximate surface area is 295 Å². The van der Waals surface area contributed by atoms with Crippen molar-refractivity contribution in [3.8, 4) is 44.5 Å². The van der Waals surface area contributed by atoms with Crippen molar-refractivity contribution in [3.05, 3.63) is 187 Å². The van der Waals surface area contributed by atoms with Crippen LogP contribution in [0.2, 0.25) is 0 Å². The number of hydrogen-bond acceptors (Lipinski definition) is 1. The molecule has 0 heterocycles. The predicted octanol–water partition coefficient (Wildman–Crippen LogP) is 13.2. The lowest BCUT2D eigenvalue weighted by molar-refractivity contribution is 0.327. The number of fused-ring (bicyclic) bond motifs is 8. The van der Waals surface area contributed by atoms with Crippen LogP contribution < -0.4 is 4.90 Å². The molecule has 0 aromatic heterocycles. The predicted molar refractivity (Wildman–Crippen MR) is 209 cm³/mol. The fourth-order valence-corrected chi connectivity index (χ4v) is 9.71. The molecule has 0 aliphatic heterocycles. The topological polar surface area (TPSA) is 3.24 Å². The van der Waals surface area contributed by atoms with E-state index in [9.17, 15) is 0 Å². The van der Waals surface area contributed by atoms with E-state index in [-0.39, 0.29) is 5.41 Å². The first-order valence-corrected chi connectivity index (χ1v) is 18.2. The largest absolute Gasteiger partial charge is 0.310 e. The van der Waals surface area contributed by atoms with E-state index in [4.69, 9.17) is 0 Å². The summed E-state index contributed by atoms with van der Waals surface area (Å²) in [7, 11) is 0. The second-order valence-electron chi connectivity index (χ2n) is 14.6. The normalized spacial score (nSPS) is 19.8. The van der Waals surface area contributed by atoms with E-state index in [1.165, 1.54) is 70.2 Å². The van der Waals surface area contributed by atoms with Gasteiger partial charge in [-0.3, -0.25) is 0 Å². The summed E-state index contributed by atoms with van der Waals surface area (Å²) in [6.45, 7) is 0. The van der Waals surface area contributed by atoms with Crippen LogP contribution in [-0.4, -0.2) is 0 Å². The van der Waals surface area contributed by atoms with Crippen molar-refractivity contribution in [1.82, 2.24) is 0 Å². The molecule has 7 aromatic rings. The molecule has 50 heavy (non-hydrogen) atoms. The lowest BCUT2D eigenvalue weighted by atomic mass is 9.66. The number of benzene rings is 7. The van der Waals surface area contributed by atoms with Crippen molar-refractivity contribution in [2.45, 2.75) is 31.1 Å². The monoisotopic (exact) mass is 641 g/mol. The molecule has 0 saturated heterocycles. The summed E-state index contributed by atoms with van der Waals surface area (Å²) in [5.74, 6) is 1.64. The molecule has 3 unspecified atom stereocenters. The van der Waals surface area contributed by atoms with Gasteiger partial charge in [-0.1, -0.05) is 140 Å². The van der Waals surface area contributed by atoms with Gasteiger partial charge in [0.15, 0.2) is 0 Å². The summed E-state index contributed by atoms with van der Waals surface area (Å²) in [5, 5.41) is 0. The van der Waals surface area contributed by atoms with Gasteiger partial charge < -0.3 is 4.90 Å². The summed E-state index contributed by atoms with van der Waals surface area (Å²) >= 11 is 0. The second-order valence-corrected chi connectivity index (χ2v) is 14.6. The van der Waals surface area contributed by atoms with Gasteiger partial charge in [0, 0.05) is 22.5 Å². The third-order valence-corrected chi connectivity index (χ3v) is 11.9. The number of anilines is 3. The highest BCUT2D eigenvalue weighted by Gasteiger charge is 2.56. The third kappa shape index (κ3) is 4.68. The molecule has 3 aliphatic rings. The zero-order valence-corrected chi connectivity index (χ0v) is 28.2. The molecule has 1 nitrogen and oxygen atoms in total. The Morgan fingerprint density at radius 1 is 0.400 bits per heavy atom. The van der Waals surface area contributed by atoms with Gasteiger partial charge in [-0.2, -0.15) is 0 Å². The van der Waals surface area contributed by atoms with Gasteiger partial charge in [0.1, 0.15) is 0 Å². The van der Waals surface area contributed by atoms with Gasteiger partial charge in [-0.05, 0) is 129 Å². The maximum absolute atomic E-state index is 2.55. The first kappa shape index (κ1) is 29.3. The lowest BCUT2D eigenvalue weighted by Gasteiger charge is -2.36. The van der Waals surface area contributed by atoms with Gasteiger partial charge in [-0.25, -0.2) is 0 Å². The molecule has 2 fully saturated rings. The maximum atomic E-state index is 2.55. The maximum Gasteiger partial charge on any atom is 0.0467 e. The fraction of sp³-hybridized carbons (Fsp3) is 0.143. The summed E-state index contributed by atoms with van der Waals surface area (Å²) < 4.78 is 0. The number of rotatable bonds is 6. The second kappa shape index (κ2) is 11.7. The quantitative estimate of drug-likeness (QED) is 0.175. The van der Waals surface area contributed by atoms with Crippen molar-refractivity contribution in [2.75, 3.05) is 4.90 Å². The molecule has 1 spiro atoms. The van der Waals surface area contributed by atoms with Crippen LogP contribution in [0.25, 0.3) is 44.5 Å². The molecular formula is C49H39N. The summed E-state index contributed by atoms with van der Waals surface area (Å²) in [6, 6.07) is 65.0. The molecular weight excluding hydrogens is 603 g/mol. The van der Waals surface area contributed by atoms with Crippen LogP contribution >= 0.6 is 0 Å². The number of nitrogens with zero attached hydrogens (tertiary/aromatic N) is 1. The highest BCUT2D eigenvalue weighted by Crippen LogP contribution is 2.65. The molecule has 3 aliphatic carbocycles. The highest BCUT2D eigenvalue weighted by molar-refractivity contribution is 5.86.